The number of nitrogens with one attached hydrogen (secondary N) is 1. The molecule has 0 aliphatic rings. The van der Waals surface area contributed by atoms with Crippen LogP contribution in [-0.2, 0) is 17.9 Å². The van der Waals surface area contributed by atoms with Crippen molar-refractivity contribution in [1.82, 2.24) is 0 Å². The van der Waals surface area contributed by atoms with E-state index >= 15 is 0 Å². The molecule has 0 spiro atoms. The molecule has 0 aliphatic heterocycles. The van der Waals surface area contributed by atoms with Gasteiger partial charge in [-0.3, -0.25) is 0 Å². The summed E-state index contributed by atoms with van der Waals surface area (Å²) in [7, 11) is 1.67. The maximum atomic E-state index is 13.0. The van der Waals surface area contributed by atoms with Crippen LogP contribution in [-0.4, -0.2) is 7.11 Å². The zero-order valence-electron chi connectivity index (χ0n) is 10.6. The summed E-state index contributed by atoms with van der Waals surface area (Å²) in [4.78, 5) is 0. The van der Waals surface area contributed by atoms with E-state index in [4.69, 9.17) is 16.3 Å². The van der Waals surface area contributed by atoms with Gasteiger partial charge in [-0.25, -0.2) is 4.39 Å². The summed E-state index contributed by atoms with van der Waals surface area (Å²) in [6.45, 7) is 1.17. The minimum absolute atomic E-state index is 0.146. The van der Waals surface area contributed by atoms with Gasteiger partial charge < -0.3 is 10.1 Å². The summed E-state index contributed by atoms with van der Waals surface area (Å²) in [5.74, 6) is -0.396. The fourth-order valence-corrected chi connectivity index (χ4v) is 1.99. The fraction of sp³-hybridized carbons (Fsp3) is 0.200. The second kappa shape index (κ2) is 6.55. The SMILES string of the molecule is COCc1cccc(NCc2ccc(F)c(Cl)c2)c1. The number of methoxy groups -OCH3 is 1. The van der Waals surface area contributed by atoms with Gasteiger partial charge in [-0.15, -0.1) is 0 Å². The van der Waals surface area contributed by atoms with Crippen molar-refractivity contribution in [3.05, 3.63) is 64.4 Å². The Balaban J connectivity index is 2.01. The number of ether oxygens (including phenoxy) is 1. The van der Waals surface area contributed by atoms with Crippen LogP contribution in [0.4, 0.5) is 10.1 Å². The van der Waals surface area contributed by atoms with Crippen molar-refractivity contribution < 1.29 is 9.13 Å². The molecular weight excluding hydrogens is 265 g/mol. The van der Waals surface area contributed by atoms with E-state index < -0.39 is 5.82 Å². The highest BCUT2D eigenvalue weighted by atomic mass is 35.5. The minimum Gasteiger partial charge on any atom is -0.381 e. The first-order valence-corrected chi connectivity index (χ1v) is 6.32. The molecule has 19 heavy (non-hydrogen) atoms. The molecule has 1 N–H and O–H groups in total. The molecule has 4 heteroatoms. The Kier molecular flexibility index (Phi) is 4.77. The molecule has 0 saturated carbocycles. The number of rotatable bonds is 5. The Morgan fingerprint density at radius 2 is 2.00 bits per heavy atom. The predicted molar refractivity (Wildman–Crippen MR) is 75.9 cm³/mol. The van der Waals surface area contributed by atoms with E-state index in [1.807, 2.05) is 24.3 Å². The average Bonchev–Trinajstić information content (AvgIpc) is 2.41. The zero-order chi connectivity index (χ0) is 13.7. The standard InChI is InChI=1S/C15H15ClFNO/c1-19-10-12-3-2-4-13(7-12)18-9-11-5-6-15(17)14(16)8-11/h2-8,18H,9-10H2,1H3. The molecule has 2 aromatic carbocycles. The van der Waals surface area contributed by atoms with Gasteiger partial charge in [-0.05, 0) is 35.4 Å². The molecule has 100 valence electrons. The molecule has 2 aromatic rings. The zero-order valence-corrected chi connectivity index (χ0v) is 11.4. The first kappa shape index (κ1) is 13.8. The van der Waals surface area contributed by atoms with Crippen molar-refractivity contribution >= 4 is 17.3 Å². The lowest BCUT2D eigenvalue weighted by Crippen LogP contribution is -2.00. The normalized spacial score (nSPS) is 10.5. The van der Waals surface area contributed by atoms with E-state index in [0.717, 1.165) is 16.8 Å². The summed E-state index contributed by atoms with van der Waals surface area (Å²) in [6, 6.07) is 12.7. The molecular formula is C15H15ClFNO. The molecule has 0 amide bonds. The molecule has 0 bridgehead atoms. The van der Waals surface area contributed by atoms with Gasteiger partial charge in [0, 0.05) is 19.3 Å². The molecule has 0 aliphatic carbocycles. The molecule has 0 atom stereocenters. The first-order valence-electron chi connectivity index (χ1n) is 5.94. The third kappa shape index (κ3) is 3.94. The summed E-state index contributed by atoms with van der Waals surface area (Å²) in [5, 5.41) is 3.42. The number of halogens is 2. The van der Waals surface area contributed by atoms with Gasteiger partial charge in [0.1, 0.15) is 5.82 Å². The summed E-state index contributed by atoms with van der Waals surface area (Å²) in [5.41, 5.74) is 3.03. The van der Waals surface area contributed by atoms with Crippen molar-refractivity contribution in [2.45, 2.75) is 13.2 Å². The molecule has 2 rings (SSSR count). The summed E-state index contributed by atoms with van der Waals surface area (Å²) in [6.07, 6.45) is 0. The smallest absolute Gasteiger partial charge is 0.141 e. The van der Waals surface area contributed by atoms with Crippen LogP contribution in [0.1, 0.15) is 11.1 Å². The van der Waals surface area contributed by atoms with Gasteiger partial charge in [-0.2, -0.15) is 0 Å². The maximum absolute atomic E-state index is 13.0. The van der Waals surface area contributed by atoms with E-state index in [-0.39, 0.29) is 5.02 Å². The van der Waals surface area contributed by atoms with Crippen molar-refractivity contribution in [2.75, 3.05) is 12.4 Å². The van der Waals surface area contributed by atoms with Gasteiger partial charge >= 0.3 is 0 Å². The number of hydrogen-bond donors (Lipinski definition) is 1. The molecule has 2 nitrogen and oxygen atoms in total. The molecule has 0 fully saturated rings. The lowest BCUT2D eigenvalue weighted by atomic mass is 10.2. The highest BCUT2D eigenvalue weighted by Gasteiger charge is 2.01. The number of benzene rings is 2. The van der Waals surface area contributed by atoms with E-state index in [1.54, 1.807) is 19.2 Å². The van der Waals surface area contributed by atoms with E-state index in [2.05, 4.69) is 5.32 Å². The number of anilines is 1. The van der Waals surface area contributed by atoms with Crippen LogP contribution in [0.25, 0.3) is 0 Å². The second-order valence-corrected chi connectivity index (χ2v) is 4.64. The van der Waals surface area contributed by atoms with Gasteiger partial charge in [0.25, 0.3) is 0 Å². The molecule has 0 radical (unpaired) electrons. The van der Waals surface area contributed by atoms with Crippen LogP contribution in [0.5, 0.6) is 0 Å². The van der Waals surface area contributed by atoms with Crippen molar-refractivity contribution in [2.24, 2.45) is 0 Å². The van der Waals surface area contributed by atoms with E-state index in [9.17, 15) is 4.39 Å². The Labute approximate surface area is 117 Å². The highest BCUT2D eigenvalue weighted by Crippen LogP contribution is 2.18. The first-order chi connectivity index (χ1) is 9.19. The minimum atomic E-state index is -0.396. The maximum Gasteiger partial charge on any atom is 0.141 e. The quantitative estimate of drug-likeness (QED) is 0.884. The number of hydrogen-bond acceptors (Lipinski definition) is 2. The van der Waals surface area contributed by atoms with Crippen LogP contribution in [0, 0.1) is 5.82 Å². The topological polar surface area (TPSA) is 21.3 Å². The summed E-state index contributed by atoms with van der Waals surface area (Å²) >= 11 is 5.74. The lowest BCUT2D eigenvalue weighted by molar-refractivity contribution is 0.185. The highest BCUT2D eigenvalue weighted by molar-refractivity contribution is 6.30. The van der Waals surface area contributed by atoms with Crippen molar-refractivity contribution in [1.29, 1.82) is 0 Å². The molecule has 0 aromatic heterocycles. The van der Waals surface area contributed by atoms with Gasteiger partial charge in [0.2, 0.25) is 0 Å². The Morgan fingerprint density at radius 1 is 1.16 bits per heavy atom. The third-order valence-corrected chi connectivity index (χ3v) is 3.01. The van der Waals surface area contributed by atoms with Crippen LogP contribution in [0.15, 0.2) is 42.5 Å². The summed E-state index contributed by atoms with van der Waals surface area (Å²) < 4.78 is 18.1. The van der Waals surface area contributed by atoms with E-state index in [0.29, 0.717) is 13.2 Å². The molecule has 0 unspecified atom stereocenters. The van der Waals surface area contributed by atoms with E-state index in [1.165, 1.54) is 6.07 Å². The fourth-order valence-electron chi connectivity index (χ4n) is 1.79. The van der Waals surface area contributed by atoms with Crippen LogP contribution >= 0.6 is 11.6 Å². The van der Waals surface area contributed by atoms with Crippen LogP contribution in [0.3, 0.4) is 0 Å². The lowest BCUT2D eigenvalue weighted by Gasteiger charge is -2.09. The van der Waals surface area contributed by atoms with Gasteiger partial charge in [0.05, 0.1) is 11.6 Å². The largest absolute Gasteiger partial charge is 0.381 e. The molecule has 0 saturated heterocycles. The Bertz CT molecular complexity index is 560. The Hall–Kier alpha value is -1.58. The van der Waals surface area contributed by atoms with Crippen molar-refractivity contribution in [3.8, 4) is 0 Å². The predicted octanol–water partition coefficient (Wildman–Crippen LogP) is 4.24. The molecule has 0 heterocycles. The van der Waals surface area contributed by atoms with Crippen molar-refractivity contribution in [3.63, 3.8) is 0 Å². The van der Waals surface area contributed by atoms with Crippen LogP contribution in [0.2, 0.25) is 5.02 Å². The third-order valence-electron chi connectivity index (χ3n) is 2.72. The van der Waals surface area contributed by atoms with Crippen LogP contribution < -0.4 is 5.32 Å². The second-order valence-electron chi connectivity index (χ2n) is 4.24. The van der Waals surface area contributed by atoms with Gasteiger partial charge in [-0.1, -0.05) is 29.8 Å². The monoisotopic (exact) mass is 279 g/mol. The average molecular weight is 280 g/mol. The Morgan fingerprint density at radius 3 is 2.74 bits per heavy atom. The van der Waals surface area contributed by atoms with Gasteiger partial charge in [0.15, 0.2) is 0 Å².